The lowest BCUT2D eigenvalue weighted by atomic mass is 10.1. The molecule has 8 heteroatoms. The molecule has 3 aromatic carbocycles. The summed E-state index contributed by atoms with van der Waals surface area (Å²) >= 11 is 7.49. The average Bonchev–Trinajstić information content (AvgIpc) is 2.82. The molecule has 0 aliphatic carbocycles. The number of nitrogens with zero attached hydrogens (tertiary/aromatic N) is 1. The van der Waals surface area contributed by atoms with E-state index >= 15 is 0 Å². The first kappa shape index (κ1) is 22.9. The molecule has 33 heavy (non-hydrogen) atoms. The molecule has 1 aliphatic rings. The number of rotatable bonds is 6. The maximum absolute atomic E-state index is 13.1. The highest BCUT2D eigenvalue weighted by Gasteiger charge is 2.34. The van der Waals surface area contributed by atoms with Crippen molar-refractivity contribution in [3.63, 3.8) is 0 Å². The van der Waals surface area contributed by atoms with E-state index in [4.69, 9.17) is 21.7 Å². The number of hydrogen-bond donors (Lipinski definition) is 1. The van der Waals surface area contributed by atoms with E-state index in [0.29, 0.717) is 29.4 Å². The minimum absolute atomic E-state index is 0.00743. The number of thiocarbonyl (C=S) groups is 1. The van der Waals surface area contributed by atoms with Gasteiger partial charge in [-0.25, -0.2) is 0 Å². The van der Waals surface area contributed by atoms with Gasteiger partial charge in [0.25, 0.3) is 11.8 Å². The van der Waals surface area contributed by atoms with Crippen molar-refractivity contribution < 1.29 is 19.1 Å². The van der Waals surface area contributed by atoms with Gasteiger partial charge in [0.05, 0.1) is 12.8 Å². The summed E-state index contributed by atoms with van der Waals surface area (Å²) in [5.74, 6) is 0.316. The fourth-order valence-corrected chi connectivity index (χ4v) is 3.84. The summed E-state index contributed by atoms with van der Waals surface area (Å²) in [6, 6.07) is 22.1. The maximum atomic E-state index is 13.1. The number of benzene rings is 3. The monoisotopic (exact) mass is 570 g/mol. The number of halogens is 1. The SMILES string of the molecule is COc1ccc(N2C(=O)/C(=C/c3ccc(OCc4ccc(I)cc4)cc3)C(=O)NC2=S)cc1. The van der Waals surface area contributed by atoms with Gasteiger partial charge in [-0.1, -0.05) is 24.3 Å². The molecule has 0 atom stereocenters. The van der Waals surface area contributed by atoms with Crippen LogP contribution in [0, 0.1) is 3.57 Å². The lowest BCUT2D eigenvalue weighted by Crippen LogP contribution is -2.54. The third-order valence-corrected chi connectivity index (χ3v) is 5.95. The van der Waals surface area contributed by atoms with Crippen molar-refractivity contribution in [2.45, 2.75) is 6.61 Å². The Kier molecular flexibility index (Phi) is 7.05. The van der Waals surface area contributed by atoms with Crippen molar-refractivity contribution in [2.75, 3.05) is 12.0 Å². The van der Waals surface area contributed by atoms with Crippen molar-refractivity contribution in [2.24, 2.45) is 0 Å². The lowest BCUT2D eigenvalue weighted by Gasteiger charge is -2.29. The summed E-state index contributed by atoms with van der Waals surface area (Å²) in [4.78, 5) is 26.9. The molecule has 2 amide bonds. The molecular weight excluding hydrogens is 551 g/mol. The highest BCUT2D eigenvalue weighted by atomic mass is 127. The fraction of sp³-hybridized carbons (Fsp3) is 0.0800. The van der Waals surface area contributed by atoms with E-state index < -0.39 is 11.8 Å². The lowest BCUT2D eigenvalue weighted by molar-refractivity contribution is -0.122. The maximum Gasteiger partial charge on any atom is 0.270 e. The molecule has 6 nitrogen and oxygen atoms in total. The van der Waals surface area contributed by atoms with Gasteiger partial charge in [0.15, 0.2) is 5.11 Å². The molecule has 1 N–H and O–H groups in total. The van der Waals surface area contributed by atoms with Crippen molar-refractivity contribution in [1.29, 1.82) is 0 Å². The van der Waals surface area contributed by atoms with E-state index in [0.717, 1.165) is 5.56 Å². The molecule has 0 aromatic heterocycles. The van der Waals surface area contributed by atoms with Crippen LogP contribution < -0.4 is 19.7 Å². The Balaban J connectivity index is 1.50. The Morgan fingerprint density at radius 1 is 0.939 bits per heavy atom. The molecular formula is C25H19IN2O4S. The van der Waals surface area contributed by atoms with Crippen molar-refractivity contribution in [3.8, 4) is 11.5 Å². The third-order valence-electron chi connectivity index (χ3n) is 4.94. The number of nitrogens with one attached hydrogen (secondary N) is 1. The fourth-order valence-electron chi connectivity index (χ4n) is 3.20. The van der Waals surface area contributed by atoms with E-state index in [9.17, 15) is 9.59 Å². The zero-order valence-electron chi connectivity index (χ0n) is 17.6. The number of methoxy groups -OCH3 is 1. The molecule has 3 aromatic rings. The van der Waals surface area contributed by atoms with Crippen LogP contribution in [0.5, 0.6) is 11.5 Å². The number of carbonyl (C=O) groups is 2. The van der Waals surface area contributed by atoms with E-state index in [1.54, 1.807) is 61.7 Å². The van der Waals surface area contributed by atoms with Gasteiger partial charge in [-0.15, -0.1) is 0 Å². The highest BCUT2D eigenvalue weighted by Crippen LogP contribution is 2.25. The molecule has 1 saturated heterocycles. The quantitative estimate of drug-likeness (QED) is 0.201. The van der Waals surface area contributed by atoms with Crippen molar-refractivity contribution in [1.82, 2.24) is 5.32 Å². The first-order chi connectivity index (χ1) is 15.9. The molecule has 0 bridgehead atoms. The summed E-state index contributed by atoms with van der Waals surface area (Å²) < 4.78 is 12.1. The summed E-state index contributed by atoms with van der Waals surface area (Å²) in [7, 11) is 1.56. The van der Waals surface area contributed by atoms with Crippen LogP contribution in [0.3, 0.4) is 0 Å². The van der Waals surface area contributed by atoms with Crippen LogP contribution in [-0.2, 0) is 16.2 Å². The molecule has 0 saturated carbocycles. The summed E-state index contributed by atoms with van der Waals surface area (Å²) in [5.41, 5.74) is 2.29. The predicted octanol–water partition coefficient (Wildman–Crippen LogP) is 4.71. The number of carbonyl (C=O) groups excluding carboxylic acids is 2. The Morgan fingerprint density at radius 2 is 1.58 bits per heavy atom. The van der Waals surface area contributed by atoms with Crippen LogP contribution in [0.15, 0.2) is 78.4 Å². The zero-order chi connectivity index (χ0) is 23.4. The third kappa shape index (κ3) is 5.40. The zero-order valence-corrected chi connectivity index (χ0v) is 20.6. The second-order valence-electron chi connectivity index (χ2n) is 7.14. The van der Waals surface area contributed by atoms with Gasteiger partial charge in [-0.05, 0) is 101 Å². The predicted molar refractivity (Wildman–Crippen MR) is 139 cm³/mol. The highest BCUT2D eigenvalue weighted by molar-refractivity contribution is 14.1. The number of amides is 2. The van der Waals surface area contributed by atoms with E-state index in [1.165, 1.54) is 8.47 Å². The molecule has 4 rings (SSSR count). The average molecular weight is 570 g/mol. The Bertz CT molecular complexity index is 1220. The van der Waals surface area contributed by atoms with Crippen molar-refractivity contribution in [3.05, 3.63) is 93.1 Å². The first-order valence-electron chi connectivity index (χ1n) is 9.97. The van der Waals surface area contributed by atoms with Gasteiger partial charge in [-0.2, -0.15) is 0 Å². The van der Waals surface area contributed by atoms with Crippen LogP contribution in [0.1, 0.15) is 11.1 Å². The Hall–Kier alpha value is -3.24. The van der Waals surface area contributed by atoms with E-state index in [1.807, 2.05) is 24.3 Å². The largest absolute Gasteiger partial charge is 0.497 e. The van der Waals surface area contributed by atoms with Gasteiger partial charge < -0.3 is 9.47 Å². The van der Waals surface area contributed by atoms with Crippen LogP contribution in [0.25, 0.3) is 6.08 Å². The summed E-state index contributed by atoms with van der Waals surface area (Å²) in [6.07, 6.45) is 1.54. The molecule has 1 aliphatic heterocycles. The van der Waals surface area contributed by atoms with Crippen LogP contribution in [0.2, 0.25) is 0 Å². The molecule has 0 unspecified atom stereocenters. The smallest absolute Gasteiger partial charge is 0.270 e. The van der Waals surface area contributed by atoms with Crippen LogP contribution >= 0.6 is 34.8 Å². The molecule has 0 radical (unpaired) electrons. The van der Waals surface area contributed by atoms with Crippen molar-refractivity contribution >= 4 is 63.5 Å². The summed E-state index contributed by atoms with van der Waals surface area (Å²) in [6.45, 7) is 0.451. The first-order valence-corrected chi connectivity index (χ1v) is 11.5. The minimum Gasteiger partial charge on any atom is -0.497 e. The minimum atomic E-state index is -0.534. The molecule has 166 valence electrons. The van der Waals surface area contributed by atoms with Gasteiger partial charge in [0.2, 0.25) is 0 Å². The van der Waals surface area contributed by atoms with E-state index in [-0.39, 0.29) is 10.7 Å². The Labute approximate surface area is 210 Å². The van der Waals surface area contributed by atoms with Crippen LogP contribution in [-0.4, -0.2) is 24.0 Å². The number of hydrogen-bond acceptors (Lipinski definition) is 5. The standard InChI is InChI=1S/C25H19IN2O4S/c1-31-20-12-8-19(9-13-20)28-24(30)22(23(29)27-25(28)33)14-16-4-10-21(11-5-16)32-15-17-2-6-18(26)7-3-17/h2-14H,15H2,1H3,(H,27,29,33)/b22-14+. The van der Waals surface area contributed by atoms with Gasteiger partial charge in [0, 0.05) is 3.57 Å². The van der Waals surface area contributed by atoms with Gasteiger partial charge in [-0.3, -0.25) is 19.8 Å². The van der Waals surface area contributed by atoms with Gasteiger partial charge >= 0.3 is 0 Å². The van der Waals surface area contributed by atoms with Crippen LogP contribution in [0.4, 0.5) is 5.69 Å². The normalized spacial score (nSPS) is 14.9. The second-order valence-corrected chi connectivity index (χ2v) is 8.77. The molecule has 1 fully saturated rings. The molecule has 1 heterocycles. The molecule has 0 spiro atoms. The van der Waals surface area contributed by atoms with Gasteiger partial charge in [0.1, 0.15) is 23.7 Å². The second kappa shape index (κ2) is 10.1. The van der Waals surface area contributed by atoms with E-state index in [2.05, 4.69) is 27.9 Å². The topological polar surface area (TPSA) is 67.9 Å². The number of ether oxygens (including phenoxy) is 2. The Morgan fingerprint density at radius 3 is 2.21 bits per heavy atom. The summed E-state index contributed by atoms with van der Waals surface area (Å²) in [5, 5.41) is 2.62. The number of anilines is 1.